The number of carbonyl (C=O) groups is 4. The Hall–Kier alpha value is -1.85. The van der Waals surface area contributed by atoms with Gasteiger partial charge in [0.1, 0.15) is 18.3 Å². The molecule has 2 N–H and O–H groups in total. The first kappa shape index (κ1) is 20.9. The van der Waals surface area contributed by atoms with E-state index in [1.807, 2.05) is 0 Å². The van der Waals surface area contributed by atoms with Gasteiger partial charge in [0.25, 0.3) is 0 Å². The van der Waals surface area contributed by atoms with Crippen molar-refractivity contribution in [2.75, 3.05) is 21.2 Å². The number of imide groups is 1. The maximum atomic E-state index is 12.4. The van der Waals surface area contributed by atoms with Crippen LogP contribution < -0.4 is 5.32 Å². The van der Waals surface area contributed by atoms with Gasteiger partial charge in [-0.15, -0.1) is 0 Å². The molecule has 28 heavy (non-hydrogen) atoms. The van der Waals surface area contributed by atoms with E-state index in [-0.39, 0.29) is 18.7 Å². The van der Waals surface area contributed by atoms with Gasteiger partial charge in [-0.05, 0) is 0 Å². The minimum Gasteiger partial charge on any atom is -0.457 e. The number of nitrogens with zero attached hydrogens (tertiary/aromatic N) is 1. The number of carbonyl (C=O) groups excluding carboxylic acids is 4. The van der Waals surface area contributed by atoms with E-state index in [0.717, 1.165) is 12.0 Å². The molecule has 3 aliphatic rings. The monoisotopic (exact) mass is 420 g/mol. The molecule has 3 saturated heterocycles. The number of phosphoric acid groups is 1. The van der Waals surface area contributed by atoms with Gasteiger partial charge < -0.3 is 19.7 Å². The minimum atomic E-state index is -4.50. The third-order valence-electron chi connectivity index (χ3n) is 5.20. The molecule has 0 radical (unpaired) electrons. The highest BCUT2D eigenvalue weighted by Crippen LogP contribution is 2.55. The Balaban J connectivity index is 1.81. The van der Waals surface area contributed by atoms with E-state index in [4.69, 9.17) is 14.0 Å². The van der Waals surface area contributed by atoms with Crippen molar-refractivity contribution in [1.29, 1.82) is 0 Å². The molecular weight excluding hydrogens is 399 g/mol. The Morgan fingerprint density at radius 3 is 2.29 bits per heavy atom. The van der Waals surface area contributed by atoms with E-state index in [0.29, 0.717) is 0 Å². The molecule has 3 amide bonds. The highest BCUT2D eigenvalue weighted by Gasteiger charge is 2.70. The SMILES string of the molecule is CNC(=O)CCC(=O)OC1C(OP(=O)(O)OC)C2OC1C1C(=O)N(C)C(=O)C21. The summed E-state index contributed by atoms with van der Waals surface area (Å²) >= 11 is 0. The molecule has 0 aromatic heterocycles. The average molecular weight is 420 g/mol. The van der Waals surface area contributed by atoms with Crippen LogP contribution in [0, 0.1) is 11.8 Å². The Labute approximate surface area is 160 Å². The standard InChI is InChI=1S/C15H21N2O10P/c1-16-6(18)4-5-7(19)25-12-10-8-9(15(21)17(2)14(8)20)11(26-10)13(12)27-28(22,23)24-3/h8-13H,4-5H2,1-3H3,(H,16,18)(H,22,23). The molecule has 0 aliphatic carbocycles. The highest BCUT2D eigenvalue weighted by molar-refractivity contribution is 7.47. The van der Waals surface area contributed by atoms with E-state index in [2.05, 4.69) is 9.84 Å². The van der Waals surface area contributed by atoms with Crippen LogP contribution in [0.5, 0.6) is 0 Å². The normalized spacial score (nSPS) is 35.6. The molecule has 3 heterocycles. The van der Waals surface area contributed by atoms with Gasteiger partial charge in [-0.3, -0.25) is 33.1 Å². The number of hydrogen-bond donors (Lipinski definition) is 2. The molecule has 12 nitrogen and oxygen atoms in total. The Bertz CT molecular complexity index is 757. The average Bonchev–Trinajstić information content (AvgIpc) is 3.26. The van der Waals surface area contributed by atoms with Gasteiger partial charge in [0.05, 0.1) is 18.3 Å². The first-order valence-corrected chi connectivity index (χ1v) is 10.0. The number of likely N-dealkylation sites (tertiary alicyclic amines) is 1. The largest absolute Gasteiger partial charge is 0.472 e. The molecule has 156 valence electrons. The number of amides is 3. The second-order valence-electron chi connectivity index (χ2n) is 6.70. The van der Waals surface area contributed by atoms with Crippen LogP contribution in [0.25, 0.3) is 0 Å². The van der Waals surface area contributed by atoms with Crippen molar-refractivity contribution in [3.63, 3.8) is 0 Å². The molecule has 3 aliphatic heterocycles. The maximum Gasteiger partial charge on any atom is 0.472 e. The van der Waals surface area contributed by atoms with Crippen LogP contribution in [0.3, 0.4) is 0 Å². The van der Waals surface area contributed by atoms with Crippen molar-refractivity contribution in [3.05, 3.63) is 0 Å². The number of rotatable bonds is 7. The summed E-state index contributed by atoms with van der Waals surface area (Å²) in [5.41, 5.74) is 0. The lowest BCUT2D eigenvalue weighted by Gasteiger charge is -2.32. The molecule has 2 bridgehead atoms. The Morgan fingerprint density at radius 1 is 1.18 bits per heavy atom. The van der Waals surface area contributed by atoms with Crippen LogP contribution >= 0.6 is 7.82 Å². The van der Waals surface area contributed by atoms with E-state index in [1.54, 1.807) is 0 Å². The lowest BCUT2D eigenvalue weighted by Crippen LogP contribution is -2.50. The number of hydrogen-bond acceptors (Lipinski definition) is 9. The van der Waals surface area contributed by atoms with Gasteiger partial charge in [0.2, 0.25) is 17.7 Å². The van der Waals surface area contributed by atoms with Crippen molar-refractivity contribution >= 4 is 31.5 Å². The van der Waals surface area contributed by atoms with Crippen molar-refractivity contribution in [1.82, 2.24) is 10.2 Å². The van der Waals surface area contributed by atoms with Gasteiger partial charge in [0, 0.05) is 27.6 Å². The quantitative estimate of drug-likeness (QED) is 0.284. The smallest absolute Gasteiger partial charge is 0.457 e. The van der Waals surface area contributed by atoms with Crippen LogP contribution in [0.1, 0.15) is 12.8 Å². The summed E-state index contributed by atoms with van der Waals surface area (Å²) in [5, 5.41) is 2.36. The fourth-order valence-electron chi connectivity index (χ4n) is 3.84. The minimum absolute atomic E-state index is 0.120. The van der Waals surface area contributed by atoms with E-state index in [1.165, 1.54) is 14.1 Å². The van der Waals surface area contributed by atoms with Crippen LogP contribution in [-0.2, 0) is 42.3 Å². The lowest BCUT2D eigenvalue weighted by molar-refractivity contribution is -0.160. The van der Waals surface area contributed by atoms with Crippen molar-refractivity contribution in [3.8, 4) is 0 Å². The molecule has 13 heteroatoms. The topological polar surface area (TPSA) is 158 Å². The molecule has 7 unspecified atom stereocenters. The van der Waals surface area contributed by atoms with Crippen LogP contribution in [0.15, 0.2) is 0 Å². The van der Waals surface area contributed by atoms with Crippen molar-refractivity contribution in [2.45, 2.75) is 37.3 Å². The Kier molecular flexibility index (Phi) is 5.61. The summed E-state index contributed by atoms with van der Waals surface area (Å²) < 4.78 is 32.4. The first-order valence-electron chi connectivity index (χ1n) is 8.55. The third-order valence-corrected chi connectivity index (χ3v) is 6.17. The Morgan fingerprint density at radius 2 is 1.75 bits per heavy atom. The highest BCUT2D eigenvalue weighted by atomic mass is 31.2. The van der Waals surface area contributed by atoms with Gasteiger partial charge in [-0.25, -0.2) is 4.57 Å². The second-order valence-corrected chi connectivity index (χ2v) is 8.21. The summed E-state index contributed by atoms with van der Waals surface area (Å²) in [6.07, 6.45) is -4.92. The summed E-state index contributed by atoms with van der Waals surface area (Å²) in [4.78, 5) is 58.8. The molecule has 3 rings (SSSR count). The van der Waals surface area contributed by atoms with E-state index < -0.39 is 61.9 Å². The van der Waals surface area contributed by atoms with Gasteiger partial charge >= 0.3 is 13.8 Å². The lowest BCUT2D eigenvalue weighted by atomic mass is 9.78. The molecule has 0 saturated carbocycles. The molecule has 7 atom stereocenters. The number of nitrogens with one attached hydrogen (secondary N) is 1. The first-order chi connectivity index (χ1) is 13.1. The van der Waals surface area contributed by atoms with Gasteiger partial charge in [-0.2, -0.15) is 0 Å². The number of ether oxygens (including phenoxy) is 2. The summed E-state index contributed by atoms with van der Waals surface area (Å²) in [5.74, 6) is -3.89. The summed E-state index contributed by atoms with van der Waals surface area (Å²) in [6, 6.07) is 0. The summed E-state index contributed by atoms with van der Waals surface area (Å²) in [7, 11) is -0.794. The molecule has 0 spiro atoms. The van der Waals surface area contributed by atoms with E-state index >= 15 is 0 Å². The number of esters is 1. The van der Waals surface area contributed by atoms with Gasteiger partial charge in [0.15, 0.2) is 6.10 Å². The third kappa shape index (κ3) is 3.46. The predicted octanol–water partition coefficient (Wildman–Crippen LogP) is -1.43. The number of fused-ring (bicyclic) bond motifs is 5. The zero-order chi connectivity index (χ0) is 20.8. The predicted molar refractivity (Wildman–Crippen MR) is 88.3 cm³/mol. The van der Waals surface area contributed by atoms with Crippen molar-refractivity contribution in [2.24, 2.45) is 11.8 Å². The van der Waals surface area contributed by atoms with E-state index in [9.17, 15) is 28.6 Å². The summed E-state index contributed by atoms with van der Waals surface area (Å²) in [6.45, 7) is 0. The second kappa shape index (κ2) is 7.53. The zero-order valence-corrected chi connectivity index (χ0v) is 16.3. The van der Waals surface area contributed by atoms with Crippen LogP contribution in [0.4, 0.5) is 0 Å². The van der Waals surface area contributed by atoms with Crippen LogP contribution in [-0.4, -0.2) is 79.1 Å². The fourth-order valence-corrected chi connectivity index (χ4v) is 4.48. The zero-order valence-electron chi connectivity index (χ0n) is 15.4. The maximum absolute atomic E-state index is 12.4. The van der Waals surface area contributed by atoms with Crippen molar-refractivity contribution < 1.29 is 47.2 Å². The van der Waals surface area contributed by atoms with Crippen LogP contribution in [0.2, 0.25) is 0 Å². The molecular formula is C15H21N2O10P. The van der Waals surface area contributed by atoms with Gasteiger partial charge in [-0.1, -0.05) is 0 Å². The number of phosphoric ester groups is 1. The molecule has 3 fully saturated rings. The molecule has 0 aromatic carbocycles. The molecule has 0 aromatic rings. The fraction of sp³-hybridized carbons (Fsp3) is 0.733.